The van der Waals surface area contributed by atoms with Crippen molar-refractivity contribution in [2.45, 2.75) is 31.1 Å². The molecule has 0 spiro atoms. The second-order valence-corrected chi connectivity index (χ2v) is 5.77. The van der Waals surface area contributed by atoms with E-state index in [-0.39, 0.29) is 6.61 Å². The molecule has 0 saturated carbocycles. The maximum Gasteiger partial charge on any atom is 0.189 e. The van der Waals surface area contributed by atoms with E-state index in [1.807, 2.05) is 25.0 Å². The van der Waals surface area contributed by atoms with Gasteiger partial charge in [0.15, 0.2) is 10.8 Å². The number of hydrogen-bond acceptors (Lipinski definition) is 5. The minimum absolute atomic E-state index is 0.141. The first-order valence-corrected chi connectivity index (χ1v) is 7.53. The Kier molecular flexibility index (Phi) is 4.30. The van der Waals surface area contributed by atoms with Gasteiger partial charge in [-0.2, -0.15) is 0 Å². The van der Waals surface area contributed by atoms with Crippen LogP contribution in [-0.4, -0.2) is 48.7 Å². The molecule has 2 rings (SSSR count). The molecule has 0 N–H and O–H groups in total. The topological polar surface area (TPSA) is 38.2 Å². The highest BCUT2D eigenvalue weighted by molar-refractivity contribution is 7.98. The van der Waals surface area contributed by atoms with Crippen molar-refractivity contribution in [1.29, 1.82) is 0 Å². The molecule has 0 radical (unpaired) electrons. The molecule has 1 unspecified atom stereocenters. The van der Waals surface area contributed by atoms with E-state index in [2.05, 4.69) is 9.97 Å². The van der Waals surface area contributed by atoms with Gasteiger partial charge in [0, 0.05) is 31.3 Å². The number of aromatic nitrogens is 2. The van der Waals surface area contributed by atoms with E-state index in [0.29, 0.717) is 19.5 Å². The highest BCUT2D eigenvalue weighted by Crippen LogP contribution is 2.32. The van der Waals surface area contributed by atoms with Crippen LogP contribution >= 0.6 is 11.8 Å². The fourth-order valence-electron chi connectivity index (χ4n) is 2.38. The summed E-state index contributed by atoms with van der Waals surface area (Å²) in [6.45, 7) is 5.11. The molecule has 2 heterocycles. The normalized spacial score (nSPS) is 23.1. The van der Waals surface area contributed by atoms with Crippen LogP contribution in [0.2, 0.25) is 0 Å². The molecule has 0 amide bonds. The van der Waals surface area contributed by atoms with Crippen LogP contribution in [-0.2, 0) is 4.74 Å². The third-order valence-electron chi connectivity index (χ3n) is 3.53. The predicted octanol–water partition coefficient (Wildman–Crippen LogP) is 2.38. The molecule has 1 fully saturated rings. The summed E-state index contributed by atoms with van der Waals surface area (Å²) in [5.41, 5.74) is 0.719. The van der Waals surface area contributed by atoms with Gasteiger partial charge < -0.3 is 9.64 Å². The van der Waals surface area contributed by atoms with Gasteiger partial charge in [-0.3, -0.25) is 0 Å². The Balaban J connectivity index is 2.26. The second kappa shape index (κ2) is 5.63. The lowest BCUT2D eigenvalue weighted by Gasteiger charge is -2.23. The zero-order valence-electron chi connectivity index (χ0n) is 11.9. The van der Waals surface area contributed by atoms with Crippen molar-refractivity contribution in [3.63, 3.8) is 0 Å². The van der Waals surface area contributed by atoms with Crippen LogP contribution < -0.4 is 4.90 Å². The first-order valence-electron chi connectivity index (χ1n) is 6.31. The summed E-state index contributed by atoms with van der Waals surface area (Å²) in [5.74, 6) is 0.854. The van der Waals surface area contributed by atoms with Crippen LogP contribution in [0, 0.1) is 13.8 Å². The minimum Gasteiger partial charge on any atom is -0.381 e. The number of thioether (sulfide) groups is 1. The number of alkyl halides is 1. The van der Waals surface area contributed by atoms with Crippen LogP contribution in [0.3, 0.4) is 0 Å². The third kappa shape index (κ3) is 3.00. The van der Waals surface area contributed by atoms with Gasteiger partial charge >= 0.3 is 0 Å². The Morgan fingerprint density at radius 2 is 2.16 bits per heavy atom. The molecule has 4 nitrogen and oxygen atoms in total. The summed E-state index contributed by atoms with van der Waals surface area (Å²) in [7, 11) is 1.54. The zero-order chi connectivity index (χ0) is 14.0. The maximum absolute atomic E-state index is 14.4. The minimum atomic E-state index is -1.26. The summed E-state index contributed by atoms with van der Waals surface area (Å²) >= 11 is 1.51. The number of methoxy groups -OCH3 is 1. The highest BCUT2D eigenvalue weighted by atomic mass is 32.2. The number of aryl methyl sites for hydroxylation is 1. The number of rotatable bonds is 4. The number of hydrogen-bond donors (Lipinski definition) is 0. The van der Waals surface area contributed by atoms with Crippen LogP contribution in [0.25, 0.3) is 0 Å². The summed E-state index contributed by atoms with van der Waals surface area (Å²) in [6, 6.07) is 0. The number of halogens is 1. The lowest BCUT2D eigenvalue weighted by Crippen LogP contribution is -2.34. The van der Waals surface area contributed by atoms with E-state index in [4.69, 9.17) is 4.74 Å². The monoisotopic (exact) mass is 285 g/mol. The molecular weight excluding hydrogens is 265 g/mol. The zero-order valence-corrected chi connectivity index (χ0v) is 12.7. The lowest BCUT2D eigenvalue weighted by molar-refractivity contribution is 0.0570. The lowest BCUT2D eigenvalue weighted by atomic mass is 10.1. The van der Waals surface area contributed by atoms with E-state index < -0.39 is 5.67 Å². The number of ether oxygens (including phenoxy) is 1. The Labute approximate surface area is 117 Å². The summed E-state index contributed by atoms with van der Waals surface area (Å²) in [6.07, 6.45) is 2.43. The van der Waals surface area contributed by atoms with Gasteiger partial charge in [-0.25, -0.2) is 14.4 Å². The molecule has 1 aromatic heterocycles. The quantitative estimate of drug-likeness (QED) is 0.627. The molecule has 1 atom stereocenters. The van der Waals surface area contributed by atoms with E-state index in [1.165, 1.54) is 18.9 Å². The van der Waals surface area contributed by atoms with Gasteiger partial charge in [0.1, 0.15) is 5.82 Å². The predicted molar refractivity (Wildman–Crippen MR) is 75.8 cm³/mol. The fourth-order valence-corrected chi connectivity index (χ4v) is 2.79. The smallest absolute Gasteiger partial charge is 0.189 e. The second-order valence-electron chi connectivity index (χ2n) is 5.00. The van der Waals surface area contributed by atoms with Gasteiger partial charge in [-0.15, -0.1) is 0 Å². The average molecular weight is 285 g/mol. The maximum atomic E-state index is 14.4. The number of nitrogens with zero attached hydrogens (tertiary/aromatic N) is 3. The molecule has 1 aromatic rings. The fraction of sp³-hybridized carbons (Fsp3) is 0.692. The van der Waals surface area contributed by atoms with E-state index >= 15 is 0 Å². The van der Waals surface area contributed by atoms with Crippen LogP contribution in [0.1, 0.15) is 17.7 Å². The van der Waals surface area contributed by atoms with Crippen LogP contribution in [0.15, 0.2) is 5.16 Å². The van der Waals surface area contributed by atoms with E-state index in [0.717, 1.165) is 22.2 Å². The van der Waals surface area contributed by atoms with Crippen molar-refractivity contribution >= 4 is 17.6 Å². The SMILES string of the molecule is COCC1(F)CCN(c2nc(SC)nc(C)c2C)C1. The van der Waals surface area contributed by atoms with Crippen molar-refractivity contribution in [3.8, 4) is 0 Å². The average Bonchev–Trinajstić information content (AvgIpc) is 2.75. The Morgan fingerprint density at radius 1 is 1.42 bits per heavy atom. The molecular formula is C13H20FN3OS. The van der Waals surface area contributed by atoms with Gasteiger partial charge in [0.05, 0.1) is 13.2 Å². The standard InChI is InChI=1S/C13H20FN3OS/c1-9-10(2)15-12(19-4)16-11(9)17-6-5-13(14,7-17)8-18-3/h5-8H2,1-4H3. The largest absolute Gasteiger partial charge is 0.381 e. The third-order valence-corrected chi connectivity index (χ3v) is 4.08. The van der Waals surface area contributed by atoms with Crippen molar-refractivity contribution < 1.29 is 9.13 Å². The van der Waals surface area contributed by atoms with Crippen molar-refractivity contribution in [2.75, 3.05) is 38.0 Å². The molecule has 1 saturated heterocycles. The molecule has 1 aliphatic heterocycles. The van der Waals surface area contributed by atoms with E-state index in [9.17, 15) is 4.39 Å². The molecule has 1 aliphatic rings. The molecule has 0 aromatic carbocycles. The summed E-state index contributed by atoms with van der Waals surface area (Å²) in [5, 5.41) is 0.737. The van der Waals surface area contributed by atoms with Gasteiger partial charge in [0.25, 0.3) is 0 Å². The first kappa shape index (κ1) is 14.5. The number of anilines is 1. The Bertz CT molecular complexity index is 471. The van der Waals surface area contributed by atoms with Crippen molar-refractivity contribution in [3.05, 3.63) is 11.3 Å². The van der Waals surface area contributed by atoms with Crippen molar-refractivity contribution in [2.24, 2.45) is 0 Å². The summed E-state index contributed by atoms with van der Waals surface area (Å²) < 4.78 is 19.4. The van der Waals surface area contributed by atoms with Gasteiger partial charge in [-0.1, -0.05) is 11.8 Å². The first-order chi connectivity index (χ1) is 8.99. The Morgan fingerprint density at radius 3 is 2.79 bits per heavy atom. The molecule has 0 aliphatic carbocycles. The van der Waals surface area contributed by atoms with Crippen LogP contribution in [0.5, 0.6) is 0 Å². The summed E-state index contributed by atoms with van der Waals surface area (Å²) in [4.78, 5) is 10.9. The molecule has 19 heavy (non-hydrogen) atoms. The van der Waals surface area contributed by atoms with Gasteiger partial charge in [0.2, 0.25) is 0 Å². The molecule has 0 bridgehead atoms. The highest BCUT2D eigenvalue weighted by Gasteiger charge is 2.39. The Hall–Kier alpha value is -0.880. The van der Waals surface area contributed by atoms with E-state index in [1.54, 1.807) is 0 Å². The van der Waals surface area contributed by atoms with Crippen LogP contribution in [0.4, 0.5) is 10.2 Å². The molecule has 106 valence electrons. The molecule has 6 heteroatoms. The van der Waals surface area contributed by atoms with Crippen molar-refractivity contribution in [1.82, 2.24) is 9.97 Å². The van der Waals surface area contributed by atoms with Gasteiger partial charge in [-0.05, 0) is 20.1 Å².